The van der Waals surface area contributed by atoms with Gasteiger partial charge in [0.1, 0.15) is 5.69 Å². The number of halogens is 5. The summed E-state index contributed by atoms with van der Waals surface area (Å²) in [5, 5.41) is 12.9. The second-order valence-electron chi connectivity index (χ2n) is 5.90. The van der Waals surface area contributed by atoms with E-state index in [2.05, 4.69) is 10.3 Å². The van der Waals surface area contributed by atoms with Gasteiger partial charge in [-0.2, -0.15) is 13.2 Å². The molecule has 2 aromatic heterocycles. The van der Waals surface area contributed by atoms with E-state index in [1.54, 1.807) is 6.92 Å². The number of non-ortho nitro benzene ring substituents is 1. The Morgan fingerprint density at radius 1 is 1.28 bits per heavy atom. The third-order valence-electron chi connectivity index (χ3n) is 4.04. The van der Waals surface area contributed by atoms with Gasteiger partial charge in [0.15, 0.2) is 5.65 Å². The zero-order chi connectivity index (χ0) is 21.5. The van der Waals surface area contributed by atoms with Gasteiger partial charge in [-0.15, -0.1) is 0 Å². The molecule has 0 aliphatic rings. The summed E-state index contributed by atoms with van der Waals surface area (Å²) < 4.78 is 40.4. The van der Waals surface area contributed by atoms with Crippen molar-refractivity contribution in [1.29, 1.82) is 0 Å². The van der Waals surface area contributed by atoms with E-state index in [0.717, 1.165) is 28.8 Å². The minimum absolute atomic E-state index is 0.00327. The van der Waals surface area contributed by atoms with E-state index in [1.165, 1.54) is 6.07 Å². The molecule has 0 atom stereocenters. The lowest BCUT2D eigenvalue weighted by Crippen LogP contribution is -2.17. The van der Waals surface area contributed by atoms with Crippen molar-refractivity contribution >= 4 is 46.1 Å². The molecule has 3 rings (SSSR count). The SMILES string of the molecule is CCc1nc2c(Cl)cc(C(F)(F)F)cn2c1C(=O)Nc1ccc([N+](=O)[O-])cc1Cl. The molecule has 0 bridgehead atoms. The topological polar surface area (TPSA) is 89.5 Å². The van der Waals surface area contributed by atoms with Crippen molar-refractivity contribution < 1.29 is 22.9 Å². The number of imidazole rings is 1. The van der Waals surface area contributed by atoms with Crippen LogP contribution >= 0.6 is 23.2 Å². The molecule has 0 saturated carbocycles. The highest BCUT2D eigenvalue weighted by atomic mass is 35.5. The van der Waals surface area contributed by atoms with Crippen molar-refractivity contribution in [2.45, 2.75) is 19.5 Å². The normalized spacial score (nSPS) is 11.7. The predicted octanol–water partition coefficient (Wildman–Crippen LogP) is 5.38. The fourth-order valence-corrected chi connectivity index (χ4v) is 3.17. The van der Waals surface area contributed by atoms with Crippen LogP contribution in [0.1, 0.15) is 28.7 Å². The Hall–Kier alpha value is -2.85. The molecule has 29 heavy (non-hydrogen) atoms. The number of pyridine rings is 1. The van der Waals surface area contributed by atoms with Gasteiger partial charge in [0.05, 0.1) is 31.9 Å². The van der Waals surface area contributed by atoms with Gasteiger partial charge in [-0.3, -0.25) is 19.3 Å². The largest absolute Gasteiger partial charge is 0.417 e. The Kier molecular flexibility index (Phi) is 5.42. The van der Waals surface area contributed by atoms with Gasteiger partial charge in [0.2, 0.25) is 0 Å². The standard InChI is InChI=1S/C17H11Cl2F3N4O3/c1-2-12-14(16(27)24-13-4-3-9(26(28)29)6-10(13)18)25-7-8(17(20,21)22)5-11(19)15(25)23-12/h3-7H,2H2,1H3,(H,24,27). The van der Waals surface area contributed by atoms with Gasteiger partial charge in [0, 0.05) is 18.3 Å². The van der Waals surface area contributed by atoms with E-state index < -0.39 is 22.6 Å². The number of rotatable bonds is 4. The highest BCUT2D eigenvalue weighted by molar-refractivity contribution is 6.34. The van der Waals surface area contributed by atoms with Crippen LogP contribution in [0.3, 0.4) is 0 Å². The molecule has 1 aromatic carbocycles. The Morgan fingerprint density at radius 3 is 2.52 bits per heavy atom. The van der Waals surface area contributed by atoms with Crippen molar-refractivity contribution in [2.75, 3.05) is 5.32 Å². The highest BCUT2D eigenvalue weighted by Gasteiger charge is 2.33. The molecule has 0 aliphatic heterocycles. The number of benzene rings is 1. The van der Waals surface area contributed by atoms with Gasteiger partial charge < -0.3 is 5.32 Å². The molecule has 0 saturated heterocycles. The summed E-state index contributed by atoms with van der Waals surface area (Å²) in [4.78, 5) is 27.1. The zero-order valence-corrected chi connectivity index (χ0v) is 16.1. The van der Waals surface area contributed by atoms with Gasteiger partial charge in [-0.1, -0.05) is 30.1 Å². The number of carbonyl (C=O) groups is 1. The lowest BCUT2D eigenvalue weighted by Gasteiger charge is -2.11. The summed E-state index contributed by atoms with van der Waals surface area (Å²) in [6.45, 7) is 1.68. The first-order valence-electron chi connectivity index (χ1n) is 8.06. The summed E-state index contributed by atoms with van der Waals surface area (Å²) in [5.74, 6) is -0.791. The van der Waals surface area contributed by atoms with E-state index in [0.29, 0.717) is 0 Å². The molecule has 1 amide bonds. The Labute approximate surface area is 171 Å². The number of nitrogens with one attached hydrogen (secondary N) is 1. The predicted molar refractivity (Wildman–Crippen MR) is 101 cm³/mol. The number of nitro groups is 1. The zero-order valence-electron chi connectivity index (χ0n) is 14.6. The van der Waals surface area contributed by atoms with Crippen molar-refractivity contribution in [1.82, 2.24) is 9.38 Å². The van der Waals surface area contributed by atoms with E-state index in [4.69, 9.17) is 23.2 Å². The molecule has 0 spiro atoms. The molecular weight excluding hydrogens is 436 g/mol. The highest BCUT2D eigenvalue weighted by Crippen LogP contribution is 2.34. The smallest absolute Gasteiger partial charge is 0.319 e. The number of aryl methyl sites for hydroxylation is 1. The van der Waals surface area contributed by atoms with E-state index in [1.807, 2.05) is 0 Å². The van der Waals surface area contributed by atoms with Crippen LogP contribution in [0.4, 0.5) is 24.5 Å². The first-order valence-corrected chi connectivity index (χ1v) is 8.81. The van der Waals surface area contributed by atoms with Gasteiger partial charge in [-0.05, 0) is 18.6 Å². The Balaban J connectivity index is 2.09. The summed E-state index contributed by atoms with van der Waals surface area (Å²) in [5.41, 5.74) is -1.20. The Morgan fingerprint density at radius 2 is 1.97 bits per heavy atom. The molecule has 0 unspecified atom stereocenters. The third-order valence-corrected chi connectivity index (χ3v) is 4.63. The molecule has 0 fully saturated rings. The van der Waals surface area contributed by atoms with Crippen LogP contribution in [-0.2, 0) is 12.6 Å². The molecule has 0 radical (unpaired) electrons. The lowest BCUT2D eigenvalue weighted by atomic mass is 10.2. The van der Waals surface area contributed by atoms with Gasteiger partial charge >= 0.3 is 6.18 Å². The summed E-state index contributed by atoms with van der Waals surface area (Å²) in [6, 6.07) is 4.14. The minimum Gasteiger partial charge on any atom is -0.319 e. The average molecular weight is 447 g/mol. The summed E-state index contributed by atoms with van der Waals surface area (Å²) in [7, 11) is 0. The quantitative estimate of drug-likeness (QED) is 0.430. The number of carbonyl (C=O) groups excluding carboxylic acids is 1. The summed E-state index contributed by atoms with van der Waals surface area (Å²) >= 11 is 11.9. The van der Waals surface area contributed by atoms with Crippen LogP contribution in [0.2, 0.25) is 10.0 Å². The molecule has 1 N–H and O–H groups in total. The van der Waals surface area contributed by atoms with E-state index in [9.17, 15) is 28.1 Å². The molecule has 0 aliphatic carbocycles. The number of hydrogen-bond acceptors (Lipinski definition) is 4. The lowest BCUT2D eigenvalue weighted by molar-refractivity contribution is -0.384. The monoisotopic (exact) mass is 446 g/mol. The second-order valence-corrected chi connectivity index (χ2v) is 6.72. The number of anilines is 1. The molecular formula is C17H11Cl2F3N4O3. The minimum atomic E-state index is -4.68. The van der Waals surface area contributed by atoms with Crippen molar-refractivity contribution in [2.24, 2.45) is 0 Å². The molecule has 152 valence electrons. The van der Waals surface area contributed by atoms with Crippen LogP contribution < -0.4 is 5.32 Å². The Bertz CT molecular complexity index is 1150. The van der Waals surface area contributed by atoms with Gasteiger partial charge in [0.25, 0.3) is 11.6 Å². The van der Waals surface area contributed by atoms with Crippen LogP contribution in [-0.4, -0.2) is 20.2 Å². The van der Waals surface area contributed by atoms with Crippen LogP contribution in [0.5, 0.6) is 0 Å². The van der Waals surface area contributed by atoms with Crippen molar-refractivity contribution in [3.63, 3.8) is 0 Å². The number of nitro benzene ring substituents is 1. The van der Waals surface area contributed by atoms with Crippen LogP contribution in [0.15, 0.2) is 30.5 Å². The number of hydrogen-bond donors (Lipinski definition) is 1. The maximum Gasteiger partial charge on any atom is 0.417 e. The van der Waals surface area contributed by atoms with Crippen LogP contribution in [0, 0.1) is 10.1 Å². The number of amides is 1. The first kappa shape index (κ1) is 20.9. The number of nitrogens with zero attached hydrogens (tertiary/aromatic N) is 3. The molecule has 3 aromatic rings. The third kappa shape index (κ3) is 3.99. The number of aromatic nitrogens is 2. The molecule has 2 heterocycles. The van der Waals surface area contributed by atoms with Gasteiger partial charge in [-0.25, -0.2) is 4.98 Å². The number of alkyl halides is 3. The molecule has 7 nitrogen and oxygen atoms in total. The summed E-state index contributed by atoms with van der Waals surface area (Å²) in [6.07, 6.45) is -3.69. The fourth-order valence-electron chi connectivity index (χ4n) is 2.69. The maximum atomic E-state index is 13.2. The first-order chi connectivity index (χ1) is 13.5. The van der Waals surface area contributed by atoms with E-state index >= 15 is 0 Å². The molecule has 12 heteroatoms. The maximum absolute atomic E-state index is 13.2. The van der Waals surface area contributed by atoms with Crippen molar-refractivity contribution in [3.8, 4) is 0 Å². The van der Waals surface area contributed by atoms with E-state index in [-0.39, 0.29) is 44.9 Å². The second kappa shape index (κ2) is 7.53. The van der Waals surface area contributed by atoms with Crippen molar-refractivity contribution in [3.05, 3.63) is 67.6 Å². The average Bonchev–Trinajstić information content (AvgIpc) is 3.01. The fraction of sp³-hybridized carbons (Fsp3) is 0.176. The van der Waals surface area contributed by atoms with Crippen LogP contribution in [0.25, 0.3) is 5.65 Å². The number of fused-ring (bicyclic) bond motifs is 1.